The van der Waals surface area contributed by atoms with E-state index in [1.165, 1.54) is 32.1 Å². The molecule has 0 radical (unpaired) electrons. The fraction of sp³-hybridized carbons (Fsp3) is 0.577. The average molecular weight is 436 g/mol. The van der Waals surface area contributed by atoms with Crippen LogP contribution < -0.4 is 5.32 Å². The number of nitrogens with zero attached hydrogens (tertiary/aromatic N) is 2. The number of carboxylic acids is 1. The molecule has 0 saturated heterocycles. The zero-order valence-corrected chi connectivity index (χ0v) is 19.0. The SMILES string of the molecule is CCc1nn(Cc2ccc(NC(=O)C3C4CC5CC(C4)CC3C5)cc2)c(CC)c1C(=O)O. The Morgan fingerprint density at radius 3 is 2.16 bits per heavy atom. The first kappa shape index (κ1) is 21.2. The maximum Gasteiger partial charge on any atom is 0.339 e. The lowest BCUT2D eigenvalue weighted by Crippen LogP contribution is -2.49. The van der Waals surface area contributed by atoms with E-state index < -0.39 is 5.97 Å². The van der Waals surface area contributed by atoms with Crippen molar-refractivity contribution in [2.24, 2.45) is 29.6 Å². The maximum atomic E-state index is 13.1. The van der Waals surface area contributed by atoms with Gasteiger partial charge in [-0.1, -0.05) is 26.0 Å². The number of aromatic nitrogens is 2. The van der Waals surface area contributed by atoms with Crippen LogP contribution in [0.4, 0.5) is 5.69 Å². The molecular weight excluding hydrogens is 402 g/mol. The van der Waals surface area contributed by atoms with Crippen LogP contribution in [0.2, 0.25) is 0 Å². The summed E-state index contributed by atoms with van der Waals surface area (Å²) in [6, 6.07) is 7.91. The highest BCUT2D eigenvalue weighted by atomic mass is 16.4. The molecule has 4 aliphatic rings. The molecule has 4 saturated carbocycles. The van der Waals surface area contributed by atoms with Gasteiger partial charge in [0.05, 0.1) is 17.9 Å². The Morgan fingerprint density at radius 2 is 1.62 bits per heavy atom. The molecule has 1 aromatic carbocycles. The van der Waals surface area contributed by atoms with Crippen molar-refractivity contribution in [3.8, 4) is 0 Å². The van der Waals surface area contributed by atoms with Gasteiger partial charge >= 0.3 is 5.97 Å². The van der Waals surface area contributed by atoms with Gasteiger partial charge in [-0.3, -0.25) is 9.48 Å². The third kappa shape index (κ3) is 3.74. The van der Waals surface area contributed by atoms with Crippen LogP contribution in [0, 0.1) is 29.6 Å². The highest BCUT2D eigenvalue weighted by molar-refractivity contribution is 5.93. The summed E-state index contributed by atoms with van der Waals surface area (Å²) in [5.74, 6) is 2.36. The van der Waals surface area contributed by atoms with E-state index in [1.807, 2.05) is 42.8 Å². The number of carbonyl (C=O) groups excluding carboxylic acids is 1. The van der Waals surface area contributed by atoms with Crippen LogP contribution in [0.1, 0.15) is 73.3 Å². The number of aromatic carboxylic acids is 1. The number of carbonyl (C=O) groups is 2. The number of carboxylic acid groups (broad SMARTS) is 1. The smallest absolute Gasteiger partial charge is 0.339 e. The lowest BCUT2D eigenvalue weighted by Gasteiger charge is -2.53. The summed E-state index contributed by atoms with van der Waals surface area (Å²) in [5.41, 5.74) is 3.61. The molecule has 4 bridgehead atoms. The summed E-state index contributed by atoms with van der Waals surface area (Å²) in [7, 11) is 0. The fourth-order valence-electron chi connectivity index (χ4n) is 6.98. The number of benzene rings is 1. The quantitative estimate of drug-likeness (QED) is 0.656. The Balaban J connectivity index is 1.27. The predicted octanol–water partition coefficient (Wildman–Crippen LogP) is 4.77. The molecular formula is C26H33N3O3. The minimum absolute atomic E-state index is 0.181. The van der Waals surface area contributed by atoms with Crippen LogP contribution in [0.25, 0.3) is 0 Å². The highest BCUT2D eigenvalue weighted by Crippen LogP contribution is 2.56. The van der Waals surface area contributed by atoms with Crippen LogP contribution >= 0.6 is 0 Å². The highest BCUT2D eigenvalue weighted by Gasteiger charge is 2.50. The molecule has 0 spiro atoms. The average Bonchev–Trinajstić information content (AvgIpc) is 3.12. The van der Waals surface area contributed by atoms with Crippen LogP contribution in [0.3, 0.4) is 0 Å². The minimum Gasteiger partial charge on any atom is -0.478 e. The van der Waals surface area contributed by atoms with Crippen LogP contribution in [-0.4, -0.2) is 26.8 Å². The monoisotopic (exact) mass is 435 g/mol. The Labute approximate surface area is 189 Å². The summed E-state index contributed by atoms with van der Waals surface area (Å²) < 4.78 is 1.81. The molecule has 1 heterocycles. The Kier molecular flexibility index (Phi) is 5.56. The van der Waals surface area contributed by atoms with Crippen LogP contribution in [0.5, 0.6) is 0 Å². The molecule has 170 valence electrons. The van der Waals surface area contributed by atoms with E-state index in [4.69, 9.17) is 0 Å². The number of rotatable bonds is 7. The molecule has 1 amide bonds. The third-order valence-corrected chi connectivity index (χ3v) is 8.10. The van der Waals surface area contributed by atoms with E-state index in [0.29, 0.717) is 42.5 Å². The van der Waals surface area contributed by atoms with Crippen molar-refractivity contribution in [1.29, 1.82) is 0 Å². The number of aryl methyl sites for hydroxylation is 1. The van der Waals surface area contributed by atoms with E-state index in [9.17, 15) is 14.7 Å². The predicted molar refractivity (Wildman–Crippen MR) is 123 cm³/mol. The van der Waals surface area contributed by atoms with Gasteiger partial charge in [-0.25, -0.2) is 4.79 Å². The third-order valence-electron chi connectivity index (χ3n) is 8.10. The second-order valence-electron chi connectivity index (χ2n) is 10.1. The number of anilines is 1. The van der Waals surface area contributed by atoms with E-state index in [-0.39, 0.29) is 11.8 Å². The van der Waals surface area contributed by atoms with Crippen molar-refractivity contribution in [3.05, 3.63) is 46.8 Å². The van der Waals surface area contributed by atoms with Gasteiger partial charge in [-0.2, -0.15) is 5.10 Å². The van der Waals surface area contributed by atoms with E-state index in [0.717, 1.165) is 28.8 Å². The van der Waals surface area contributed by atoms with E-state index in [2.05, 4.69) is 10.4 Å². The van der Waals surface area contributed by atoms with Crippen molar-refractivity contribution in [2.45, 2.75) is 65.3 Å². The first-order valence-electron chi connectivity index (χ1n) is 12.2. The molecule has 0 aliphatic heterocycles. The first-order valence-corrected chi connectivity index (χ1v) is 12.2. The van der Waals surface area contributed by atoms with Crippen molar-refractivity contribution in [1.82, 2.24) is 9.78 Å². The van der Waals surface area contributed by atoms with Gasteiger partial charge in [-0.15, -0.1) is 0 Å². The van der Waals surface area contributed by atoms with Crippen molar-refractivity contribution in [3.63, 3.8) is 0 Å². The largest absolute Gasteiger partial charge is 0.478 e. The van der Waals surface area contributed by atoms with E-state index in [1.54, 1.807) is 0 Å². The summed E-state index contributed by atoms with van der Waals surface area (Å²) in [6.07, 6.45) is 7.58. The maximum absolute atomic E-state index is 13.1. The lowest BCUT2D eigenvalue weighted by molar-refractivity contribution is -0.132. The molecule has 2 N–H and O–H groups in total. The van der Waals surface area contributed by atoms with Gasteiger partial charge in [0, 0.05) is 11.6 Å². The Hall–Kier alpha value is -2.63. The number of hydrogen-bond acceptors (Lipinski definition) is 3. The zero-order chi connectivity index (χ0) is 22.4. The molecule has 0 atom stereocenters. The van der Waals surface area contributed by atoms with Gasteiger partial charge in [0.15, 0.2) is 0 Å². The normalized spacial score (nSPS) is 28.1. The van der Waals surface area contributed by atoms with Crippen LogP contribution in [-0.2, 0) is 24.2 Å². The Morgan fingerprint density at radius 1 is 1.00 bits per heavy atom. The lowest BCUT2D eigenvalue weighted by atomic mass is 9.51. The zero-order valence-electron chi connectivity index (χ0n) is 19.0. The second kappa shape index (κ2) is 8.38. The molecule has 4 aliphatic carbocycles. The summed E-state index contributed by atoms with van der Waals surface area (Å²) in [5, 5.41) is 17.3. The molecule has 32 heavy (non-hydrogen) atoms. The standard InChI is InChI=1S/C26H33N3O3/c1-3-21-24(26(31)32)22(4-2)29(28-21)14-15-5-7-20(8-6-15)27-25(30)23-18-10-16-9-17(12-18)13-19(23)11-16/h5-8,16-19,23H,3-4,9-14H2,1-2H3,(H,27,30)(H,31,32). The molecule has 4 fully saturated rings. The molecule has 6 nitrogen and oxygen atoms in total. The number of hydrogen-bond donors (Lipinski definition) is 2. The second-order valence-corrected chi connectivity index (χ2v) is 10.1. The van der Waals surface area contributed by atoms with Gasteiger partial charge < -0.3 is 10.4 Å². The van der Waals surface area contributed by atoms with Crippen molar-refractivity contribution < 1.29 is 14.7 Å². The molecule has 6 rings (SSSR count). The van der Waals surface area contributed by atoms with Gasteiger partial charge in [0.1, 0.15) is 5.56 Å². The molecule has 1 aromatic heterocycles. The van der Waals surface area contributed by atoms with E-state index >= 15 is 0 Å². The molecule has 0 unspecified atom stereocenters. The number of nitrogens with one attached hydrogen (secondary N) is 1. The fourth-order valence-corrected chi connectivity index (χ4v) is 6.98. The molecule has 2 aromatic rings. The van der Waals surface area contributed by atoms with Gasteiger partial charge in [0.2, 0.25) is 5.91 Å². The van der Waals surface area contributed by atoms with Gasteiger partial charge in [0.25, 0.3) is 0 Å². The first-order chi connectivity index (χ1) is 15.5. The topological polar surface area (TPSA) is 84.2 Å². The van der Waals surface area contributed by atoms with Crippen molar-refractivity contribution in [2.75, 3.05) is 5.32 Å². The number of amides is 1. The van der Waals surface area contributed by atoms with Crippen molar-refractivity contribution >= 4 is 17.6 Å². The minimum atomic E-state index is -0.909. The summed E-state index contributed by atoms with van der Waals surface area (Å²) in [6.45, 7) is 4.41. The van der Waals surface area contributed by atoms with Gasteiger partial charge in [-0.05, 0) is 86.3 Å². The van der Waals surface area contributed by atoms with Crippen LogP contribution in [0.15, 0.2) is 24.3 Å². The molecule has 6 heteroatoms. The summed E-state index contributed by atoms with van der Waals surface area (Å²) in [4.78, 5) is 24.8. The Bertz CT molecular complexity index is 996. The summed E-state index contributed by atoms with van der Waals surface area (Å²) >= 11 is 0.